The number of benzene rings is 2. The third-order valence-electron chi connectivity index (χ3n) is 5.26. The van der Waals surface area contributed by atoms with Gasteiger partial charge in [-0.2, -0.15) is 0 Å². The van der Waals surface area contributed by atoms with Crippen molar-refractivity contribution in [1.29, 1.82) is 0 Å². The molecule has 1 aliphatic rings. The van der Waals surface area contributed by atoms with Crippen molar-refractivity contribution in [2.75, 3.05) is 4.90 Å². The molecular formula is C24H19N3O5. The second-order valence-corrected chi connectivity index (χ2v) is 7.61. The predicted molar refractivity (Wildman–Crippen MR) is 118 cm³/mol. The normalized spacial score (nSPS) is 17.6. The Morgan fingerprint density at radius 2 is 1.78 bits per heavy atom. The highest BCUT2D eigenvalue weighted by molar-refractivity contribution is 6.51. The number of hydrogen-bond acceptors (Lipinski definition) is 6. The third-order valence-corrected chi connectivity index (χ3v) is 5.26. The van der Waals surface area contributed by atoms with Crippen LogP contribution in [0.15, 0.2) is 72.6 Å². The van der Waals surface area contributed by atoms with Gasteiger partial charge in [-0.1, -0.05) is 24.3 Å². The number of aryl methyl sites for hydroxylation is 2. The molecule has 1 N–H and O–H groups in total. The van der Waals surface area contributed by atoms with Gasteiger partial charge in [0.15, 0.2) is 0 Å². The minimum atomic E-state index is -0.941. The summed E-state index contributed by atoms with van der Waals surface area (Å²) in [6, 6.07) is 13.3. The number of amides is 1. The number of aromatic nitrogens is 1. The van der Waals surface area contributed by atoms with Crippen LogP contribution in [-0.4, -0.2) is 26.7 Å². The second-order valence-electron chi connectivity index (χ2n) is 7.61. The van der Waals surface area contributed by atoms with Crippen LogP contribution < -0.4 is 4.90 Å². The zero-order valence-corrected chi connectivity index (χ0v) is 17.4. The number of nitrogens with zero attached hydrogens (tertiary/aromatic N) is 3. The number of Topliss-reactive ketones (excluding diaryl/α,β-unsaturated/α-hetero) is 1. The van der Waals surface area contributed by atoms with Gasteiger partial charge in [0, 0.05) is 35.8 Å². The average Bonchev–Trinajstić information content (AvgIpc) is 3.04. The molecule has 8 heteroatoms. The molecule has 32 heavy (non-hydrogen) atoms. The number of nitro groups is 1. The Bertz CT molecular complexity index is 1260. The Kier molecular flexibility index (Phi) is 5.28. The first kappa shape index (κ1) is 20.9. The van der Waals surface area contributed by atoms with Crippen LogP contribution in [0.1, 0.15) is 28.3 Å². The van der Waals surface area contributed by atoms with Gasteiger partial charge in [-0.25, -0.2) is 0 Å². The highest BCUT2D eigenvalue weighted by Gasteiger charge is 2.47. The molecule has 1 unspecified atom stereocenters. The Morgan fingerprint density at radius 1 is 1.06 bits per heavy atom. The number of nitro benzene ring substituents is 1. The number of carbonyl (C=O) groups is 2. The fraction of sp³-hybridized carbons (Fsp3) is 0.125. The van der Waals surface area contributed by atoms with E-state index in [4.69, 9.17) is 0 Å². The first-order valence-electron chi connectivity index (χ1n) is 9.82. The molecule has 0 saturated carbocycles. The van der Waals surface area contributed by atoms with Crippen molar-refractivity contribution in [3.05, 3.63) is 105 Å². The molecule has 1 atom stereocenters. The van der Waals surface area contributed by atoms with Crippen molar-refractivity contribution < 1.29 is 19.6 Å². The van der Waals surface area contributed by atoms with E-state index in [0.29, 0.717) is 11.3 Å². The van der Waals surface area contributed by atoms with Gasteiger partial charge < -0.3 is 5.11 Å². The third kappa shape index (κ3) is 3.62. The topological polar surface area (TPSA) is 114 Å². The van der Waals surface area contributed by atoms with E-state index in [1.807, 2.05) is 19.9 Å². The summed E-state index contributed by atoms with van der Waals surface area (Å²) in [5.41, 5.74) is 2.54. The zero-order chi connectivity index (χ0) is 23.0. The van der Waals surface area contributed by atoms with E-state index >= 15 is 0 Å². The molecule has 8 nitrogen and oxygen atoms in total. The van der Waals surface area contributed by atoms with Crippen LogP contribution >= 0.6 is 0 Å². The lowest BCUT2D eigenvalue weighted by Crippen LogP contribution is -2.29. The minimum absolute atomic E-state index is 0.0755. The van der Waals surface area contributed by atoms with E-state index in [-0.39, 0.29) is 16.8 Å². The number of rotatable bonds is 4. The quantitative estimate of drug-likeness (QED) is 0.218. The van der Waals surface area contributed by atoms with Crippen molar-refractivity contribution in [1.82, 2.24) is 4.98 Å². The van der Waals surface area contributed by atoms with Gasteiger partial charge in [-0.3, -0.25) is 29.6 Å². The molecule has 1 aliphatic heterocycles. The van der Waals surface area contributed by atoms with Gasteiger partial charge in [0.05, 0.1) is 16.5 Å². The molecule has 2 aromatic carbocycles. The van der Waals surface area contributed by atoms with E-state index in [9.17, 15) is 24.8 Å². The molecule has 1 fully saturated rings. The fourth-order valence-electron chi connectivity index (χ4n) is 3.96. The number of hydrogen-bond donors (Lipinski definition) is 1. The standard InChI is InChI=1S/C24H19N3O5/c1-14-9-15(2)11-19(10-14)26-21(17-6-4-8-25-13-17)20(23(29)24(26)30)22(28)16-5-3-7-18(12-16)27(31)32/h3-13,21,28H,1-2H3/b22-20-. The average molecular weight is 429 g/mol. The van der Waals surface area contributed by atoms with E-state index in [1.54, 1.807) is 30.5 Å². The molecule has 0 radical (unpaired) electrons. The van der Waals surface area contributed by atoms with Gasteiger partial charge in [-0.05, 0) is 48.7 Å². The van der Waals surface area contributed by atoms with Crippen molar-refractivity contribution in [3.63, 3.8) is 0 Å². The van der Waals surface area contributed by atoms with E-state index in [0.717, 1.165) is 11.1 Å². The molecule has 1 aromatic heterocycles. The van der Waals surface area contributed by atoms with Gasteiger partial charge in [-0.15, -0.1) is 0 Å². The number of aliphatic hydroxyl groups is 1. The number of pyridine rings is 1. The Hall–Kier alpha value is -4.33. The van der Waals surface area contributed by atoms with Crippen molar-refractivity contribution >= 4 is 28.8 Å². The van der Waals surface area contributed by atoms with Crippen molar-refractivity contribution in [3.8, 4) is 0 Å². The van der Waals surface area contributed by atoms with E-state index in [2.05, 4.69) is 4.98 Å². The van der Waals surface area contributed by atoms with Gasteiger partial charge in [0.2, 0.25) is 0 Å². The summed E-state index contributed by atoms with van der Waals surface area (Å²) >= 11 is 0. The van der Waals surface area contributed by atoms with Crippen LogP contribution in [0.4, 0.5) is 11.4 Å². The molecule has 0 spiro atoms. The summed E-state index contributed by atoms with van der Waals surface area (Å²) in [5, 5.41) is 22.2. The molecule has 1 saturated heterocycles. The zero-order valence-electron chi connectivity index (χ0n) is 17.4. The maximum atomic E-state index is 13.1. The molecule has 160 valence electrons. The highest BCUT2D eigenvalue weighted by Crippen LogP contribution is 2.42. The predicted octanol–water partition coefficient (Wildman–Crippen LogP) is 4.23. The van der Waals surface area contributed by atoms with E-state index in [1.165, 1.54) is 35.4 Å². The largest absolute Gasteiger partial charge is 0.507 e. The van der Waals surface area contributed by atoms with Gasteiger partial charge >= 0.3 is 0 Å². The summed E-state index contributed by atoms with van der Waals surface area (Å²) in [6.45, 7) is 3.77. The van der Waals surface area contributed by atoms with Crippen molar-refractivity contribution in [2.45, 2.75) is 19.9 Å². The first-order valence-corrected chi connectivity index (χ1v) is 9.82. The van der Waals surface area contributed by atoms with Crippen LogP contribution in [0.5, 0.6) is 0 Å². The van der Waals surface area contributed by atoms with Crippen LogP contribution in [0.25, 0.3) is 5.76 Å². The number of anilines is 1. The second kappa shape index (κ2) is 8.07. The minimum Gasteiger partial charge on any atom is -0.507 e. The maximum absolute atomic E-state index is 13.1. The molecule has 0 bridgehead atoms. The summed E-state index contributed by atoms with van der Waals surface area (Å²) in [7, 11) is 0. The molecular weight excluding hydrogens is 410 g/mol. The van der Waals surface area contributed by atoms with Crippen LogP contribution in [0.2, 0.25) is 0 Å². The molecule has 2 heterocycles. The Morgan fingerprint density at radius 3 is 2.41 bits per heavy atom. The highest BCUT2D eigenvalue weighted by atomic mass is 16.6. The van der Waals surface area contributed by atoms with Crippen LogP contribution in [0.3, 0.4) is 0 Å². The van der Waals surface area contributed by atoms with Crippen LogP contribution in [0, 0.1) is 24.0 Å². The smallest absolute Gasteiger partial charge is 0.300 e. The molecule has 3 aromatic rings. The lowest BCUT2D eigenvalue weighted by molar-refractivity contribution is -0.384. The van der Waals surface area contributed by atoms with Crippen LogP contribution in [-0.2, 0) is 9.59 Å². The Balaban J connectivity index is 1.96. The maximum Gasteiger partial charge on any atom is 0.300 e. The SMILES string of the molecule is Cc1cc(C)cc(N2C(=O)C(=O)/C(=C(\O)c3cccc([N+](=O)[O-])c3)C2c2cccnc2)c1. The molecule has 0 aliphatic carbocycles. The number of ketones is 1. The monoisotopic (exact) mass is 429 g/mol. The number of non-ortho nitro benzene ring substituents is 1. The van der Waals surface area contributed by atoms with E-state index < -0.39 is 28.4 Å². The van der Waals surface area contributed by atoms with Gasteiger partial charge in [0.25, 0.3) is 17.4 Å². The summed E-state index contributed by atoms with van der Waals surface area (Å²) in [4.78, 5) is 42.3. The lowest BCUT2D eigenvalue weighted by atomic mass is 9.96. The Labute approximate surface area is 183 Å². The number of aliphatic hydroxyl groups excluding tert-OH is 1. The summed E-state index contributed by atoms with van der Waals surface area (Å²) < 4.78 is 0. The summed E-state index contributed by atoms with van der Waals surface area (Å²) in [6.07, 6.45) is 3.08. The fourth-order valence-corrected chi connectivity index (χ4v) is 3.96. The summed E-state index contributed by atoms with van der Waals surface area (Å²) in [5.74, 6) is -2.15. The molecule has 4 rings (SSSR count). The van der Waals surface area contributed by atoms with Gasteiger partial charge in [0.1, 0.15) is 5.76 Å². The molecule has 1 amide bonds. The number of carbonyl (C=O) groups excluding carboxylic acids is 2. The van der Waals surface area contributed by atoms with Crippen molar-refractivity contribution in [2.24, 2.45) is 0 Å². The lowest BCUT2D eigenvalue weighted by Gasteiger charge is -2.25. The first-order chi connectivity index (χ1) is 15.3.